The molecule has 1 rings (SSSR count). The van der Waals surface area contributed by atoms with Gasteiger partial charge in [-0.15, -0.1) is 0 Å². The maximum Gasteiger partial charge on any atom is 0.408 e. The average Bonchev–Trinajstić information content (AvgIpc) is 2.31. The highest BCUT2D eigenvalue weighted by molar-refractivity contribution is 14.1. The summed E-state index contributed by atoms with van der Waals surface area (Å²) in [5, 5.41) is 22.1. The first-order valence-electron chi connectivity index (χ1n) is 6.66. The molecule has 124 valence electrons. The van der Waals surface area contributed by atoms with Gasteiger partial charge in [0.25, 0.3) is 0 Å². The molecule has 1 aromatic rings. The number of aliphatic hydroxyl groups is 1. The van der Waals surface area contributed by atoms with E-state index in [0.29, 0.717) is 9.26 Å². The zero-order valence-corrected chi connectivity index (χ0v) is 15.8. The summed E-state index contributed by atoms with van der Waals surface area (Å²) in [6.45, 7) is 6.73. The third kappa shape index (κ3) is 5.13. The average molecular weight is 443 g/mol. The summed E-state index contributed by atoms with van der Waals surface area (Å²) in [5.41, 5.74) is -1.33. The summed E-state index contributed by atoms with van der Waals surface area (Å²) in [5.74, 6) is -0.228. The van der Waals surface area contributed by atoms with Gasteiger partial charge in [-0.25, -0.2) is 9.78 Å². The second-order valence-corrected chi connectivity index (χ2v) is 7.53. The van der Waals surface area contributed by atoms with Crippen molar-refractivity contribution in [2.24, 2.45) is 0 Å². The molecule has 1 atom stereocenters. The molecule has 1 aromatic heterocycles. The quantitative estimate of drug-likeness (QED) is 0.492. The number of nitrogens with zero attached hydrogens (tertiary/aromatic N) is 1. The highest BCUT2D eigenvalue weighted by Gasteiger charge is 2.34. The molecule has 0 spiro atoms. The van der Waals surface area contributed by atoms with Crippen molar-refractivity contribution in [2.45, 2.75) is 45.3 Å². The molecule has 0 aliphatic rings. The van der Waals surface area contributed by atoms with E-state index >= 15 is 0 Å². The van der Waals surface area contributed by atoms with Crippen LogP contribution in [0.1, 0.15) is 39.7 Å². The van der Waals surface area contributed by atoms with Gasteiger partial charge in [0.05, 0.1) is 5.54 Å². The number of carbonyl (C=O) groups excluding carboxylic acids is 1. The van der Waals surface area contributed by atoms with Gasteiger partial charge in [-0.2, -0.15) is 0 Å². The van der Waals surface area contributed by atoms with Crippen LogP contribution in [0.4, 0.5) is 4.79 Å². The number of pyridine rings is 1. The number of aliphatic hydroxyl groups excluding tert-OH is 1. The summed E-state index contributed by atoms with van der Waals surface area (Å²) >= 11 is 7.85. The van der Waals surface area contributed by atoms with Gasteiger partial charge in [-0.1, -0.05) is 11.6 Å². The molecule has 1 unspecified atom stereocenters. The van der Waals surface area contributed by atoms with Gasteiger partial charge in [0.1, 0.15) is 9.30 Å². The van der Waals surface area contributed by atoms with Crippen LogP contribution in [0.2, 0.25) is 5.15 Å². The highest BCUT2D eigenvalue weighted by Crippen LogP contribution is 2.36. The topological polar surface area (TPSA) is 91.7 Å². The lowest BCUT2D eigenvalue weighted by Crippen LogP contribution is -2.46. The van der Waals surface area contributed by atoms with E-state index in [-0.39, 0.29) is 23.9 Å². The fraction of sp³-hybridized carbons (Fsp3) is 0.571. The summed E-state index contributed by atoms with van der Waals surface area (Å²) < 4.78 is 5.80. The Morgan fingerprint density at radius 1 is 1.45 bits per heavy atom. The van der Waals surface area contributed by atoms with Crippen molar-refractivity contribution in [1.82, 2.24) is 10.3 Å². The second kappa shape index (κ2) is 7.18. The number of carbonyl (C=O) groups is 1. The van der Waals surface area contributed by atoms with E-state index in [1.165, 1.54) is 0 Å². The van der Waals surface area contributed by atoms with Crippen LogP contribution in [0.3, 0.4) is 0 Å². The molecule has 0 aliphatic heterocycles. The molecule has 0 bridgehead atoms. The summed E-state index contributed by atoms with van der Waals surface area (Å²) in [6.07, 6.45) is -0.471. The third-order valence-electron chi connectivity index (χ3n) is 2.90. The van der Waals surface area contributed by atoms with Crippen molar-refractivity contribution in [3.8, 4) is 5.75 Å². The fourth-order valence-corrected chi connectivity index (χ4v) is 2.80. The summed E-state index contributed by atoms with van der Waals surface area (Å²) in [7, 11) is 0. The molecule has 8 heteroatoms. The van der Waals surface area contributed by atoms with Crippen LogP contribution in [-0.2, 0) is 10.3 Å². The second-order valence-electron chi connectivity index (χ2n) is 6.06. The Bertz CT molecular complexity index is 563. The Hall–Kier alpha value is -0.800. The normalized spacial score (nSPS) is 14.3. The molecule has 0 radical (unpaired) electrons. The lowest BCUT2D eigenvalue weighted by atomic mass is 9.89. The molecule has 1 heterocycles. The van der Waals surface area contributed by atoms with Gasteiger partial charge in [-0.05, 0) is 62.8 Å². The minimum Gasteiger partial charge on any atom is -0.504 e. The molecule has 0 saturated heterocycles. The van der Waals surface area contributed by atoms with Gasteiger partial charge < -0.3 is 20.3 Å². The maximum absolute atomic E-state index is 12.1. The molecule has 0 aliphatic carbocycles. The monoisotopic (exact) mass is 442 g/mol. The number of alkyl carbamates (subject to hydrolysis) is 1. The van der Waals surface area contributed by atoms with Gasteiger partial charge in [0.15, 0.2) is 10.9 Å². The van der Waals surface area contributed by atoms with Gasteiger partial charge in [-0.3, -0.25) is 0 Å². The van der Waals surface area contributed by atoms with E-state index in [1.54, 1.807) is 33.8 Å². The highest BCUT2D eigenvalue weighted by atomic mass is 127. The number of aromatic hydroxyl groups is 1. The van der Waals surface area contributed by atoms with E-state index in [0.717, 1.165) is 0 Å². The number of halogens is 2. The zero-order chi connectivity index (χ0) is 17.1. The standard InChI is InChI=1S/C14H20ClIN2O4/c1-13(2,3)22-12(21)18-14(4,5-6-19)8-7-9(16)17-11(15)10(8)20/h7,19-20H,5-6H2,1-4H3,(H,18,21). The van der Waals surface area contributed by atoms with Gasteiger partial charge >= 0.3 is 6.09 Å². The first-order chi connectivity index (χ1) is 9.98. The van der Waals surface area contributed by atoms with Crippen molar-refractivity contribution in [3.05, 3.63) is 20.5 Å². The van der Waals surface area contributed by atoms with Crippen LogP contribution in [0.25, 0.3) is 0 Å². The molecule has 1 amide bonds. The number of rotatable bonds is 4. The van der Waals surface area contributed by atoms with Crippen molar-refractivity contribution in [1.29, 1.82) is 0 Å². The van der Waals surface area contributed by atoms with E-state index < -0.39 is 17.2 Å². The van der Waals surface area contributed by atoms with Crippen LogP contribution < -0.4 is 5.32 Å². The van der Waals surface area contributed by atoms with Crippen LogP contribution in [0.5, 0.6) is 5.75 Å². The Balaban J connectivity index is 3.18. The van der Waals surface area contributed by atoms with Crippen molar-refractivity contribution in [2.75, 3.05) is 6.61 Å². The van der Waals surface area contributed by atoms with E-state index in [2.05, 4.69) is 10.3 Å². The van der Waals surface area contributed by atoms with Crippen molar-refractivity contribution < 1.29 is 19.7 Å². The minimum atomic E-state index is -1.05. The largest absolute Gasteiger partial charge is 0.504 e. The Morgan fingerprint density at radius 2 is 2.05 bits per heavy atom. The summed E-state index contributed by atoms with van der Waals surface area (Å²) in [4.78, 5) is 16.0. The molecular formula is C14H20ClIN2O4. The van der Waals surface area contributed by atoms with Gasteiger partial charge in [0.2, 0.25) is 0 Å². The molecule has 0 saturated carbocycles. The maximum atomic E-state index is 12.1. The predicted octanol–water partition coefficient (Wildman–Crippen LogP) is 3.17. The third-order valence-corrected chi connectivity index (χ3v) is 3.72. The number of nitrogens with one attached hydrogen (secondary N) is 1. The molecular weight excluding hydrogens is 423 g/mol. The molecule has 6 nitrogen and oxygen atoms in total. The lowest BCUT2D eigenvalue weighted by Gasteiger charge is -2.32. The zero-order valence-electron chi connectivity index (χ0n) is 12.9. The SMILES string of the molecule is CC(C)(C)OC(=O)NC(C)(CCO)c1cc(I)nc(Cl)c1O. The Labute approximate surface area is 148 Å². The van der Waals surface area contributed by atoms with Crippen LogP contribution in [0, 0.1) is 3.70 Å². The fourth-order valence-electron chi connectivity index (χ4n) is 1.92. The van der Waals surface area contributed by atoms with Crippen molar-refractivity contribution in [3.63, 3.8) is 0 Å². The smallest absolute Gasteiger partial charge is 0.408 e. The molecule has 22 heavy (non-hydrogen) atoms. The van der Waals surface area contributed by atoms with E-state index in [4.69, 9.17) is 16.3 Å². The predicted molar refractivity (Wildman–Crippen MR) is 92.1 cm³/mol. The first-order valence-corrected chi connectivity index (χ1v) is 8.12. The number of aromatic nitrogens is 1. The molecule has 0 fully saturated rings. The van der Waals surface area contributed by atoms with Crippen LogP contribution in [-0.4, -0.2) is 33.5 Å². The van der Waals surface area contributed by atoms with E-state index in [1.807, 2.05) is 22.6 Å². The van der Waals surface area contributed by atoms with Crippen LogP contribution in [0.15, 0.2) is 6.07 Å². The minimum absolute atomic E-state index is 0.0583. The number of hydrogen-bond acceptors (Lipinski definition) is 5. The number of ether oxygens (including phenoxy) is 1. The number of amides is 1. The van der Waals surface area contributed by atoms with E-state index in [9.17, 15) is 15.0 Å². The summed E-state index contributed by atoms with van der Waals surface area (Å²) in [6, 6.07) is 1.61. The molecule has 0 aromatic carbocycles. The van der Waals surface area contributed by atoms with Crippen molar-refractivity contribution >= 4 is 40.3 Å². The Kier molecular flexibility index (Phi) is 6.28. The number of hydrogen-bond donors (Lipinski definition) is 3. The van der Waals surface area contributed by atoms with Crippen LogP contribution >= 0.6 is 34.2 Å². The lowest BCUT2D eigenvalue weighted by molar-refractivity contribution is 0.0443. The van der Waals surface area contributed by atoms with Gasteiger partial charge in [0, 0.05) is 12.2 Å². The molecule has 3 N–H and O–H groups in total. The first kappa shape index (κ1) is 19.2. The Morgan fingerprint density at radius 3 is 2.55 bits per heavy atom.